The third-order valence-electron chi connectivity index (χ3n) is 6.47. The van der Waals surface area contributed by atoms with E-state index < -0.39 is 0 Å². The van der Waals surface area contributed by atoms with E-state index in [1.54, 1.807) is 12.3 Å². The van der Waals surface area contributed by atoms with Gasteiger partial charge in [0.1, 0.15) is 11.0 Å². The minimum atomic E-state index is 0.206. The maximum Gasteiger partial charge on any atom is 0.221 e. The summed E-state index contributed by atoms with van der Waals surface area (Å²) in [5.74, 6) is 1.42. The van der Waals surface area contributed by atoms with Crippen LogP contribution < -0.4 is 22.5 Å². The van der Waals surface area contributed by atoms with Crippen molar-refractivity contribution in [1.29, 1.82) is 0 Å². The van der Waals surface area contributed by atoms with E-state index in [1.165, 1.54) is 57.6 Å². The molecular weight excluding hydrogens is 563 g/mol. The summed E-state index contributed by atoms with van der Waals surface area (Å²) in [5, 5.41) is 3.86. The lowest BCUT2D eigenvalue weighted by atomic mass is 9.75. The Morgan fingerprint density at radius 1 is 0.912 bits per heavy atom. The van der Waals surface area contributed by atoms with E-state index in [1.807, 2.05) is 0 Å². The molecule has 0 atom stereocenters. The van der Waals surface area contributed by atoms with Gasteiger partial charge in [0.15, 0.2) is 0 Å². The number of hydrogen-bond acceptors (Lipinski definition) is 8. The normalized spacial score (nSPS) is 19.7. The van der Waals surface area contributed by atoms with Crippen LogP contribution in [0.1, 0.15) is 79.1 Å². The molecule has 8 nitrogen and oxygen atoms in total. The van der Waals surface area contributed by atoms with Gasteiger partial charge in [-0.25, -0.2) is 15.0 Å². The van der Waals surface area contributed by atoms with Gasteiger partial charge in [0, 0.05) is 24.5 Å². The van der Waals surface area contributed by atoms with E-state index >= 15 is 0 Å². The number of aromatic nitrogens is 4. The SMILES string of the molecule is CC1(C)CCC(N)CC1.CC1(C)CCC(Nc2nc(N)ncc2I)CC1.Nc1nccc(Cl)n1. The Bertz CT molecular complexity index is 871. The van der Waals surface area contributed by atoms with E-state index in [4.69, 9.17) is 28.8 Å². The van der Waals surface area contributed by atoms with Gasteiger partial charge in [0.2, 0.25) is 11.9 Å². The number of nitrogens with zero attached hydrogens (tertiary/aromatic N) is 4. The van der Waals surface area contributed by atoms with Crippen LogP contribution in [0.25, 0.3) is 0 Å². The molecule has 0 aliphatic heterocycles. The van der Waals surface area contributed by atoms with Crippen molar-refractivity contribution in [3.63, 3.8) is 0 Å². The summed E-state index contributed by atoms with van der Waals surface area (Å²) in [6.45, 7) is 9.35. The van der Waals surface area contributed by atoms with Gasteiger partial charge in [-0.2, -0.15) is 4.98 Å². The number of nitrogens with one attached hydrogen (secondary N) is 1. The molecule has 4 rings (SSSR count). The van der Waals surface area contributed by atoms with Crippen LogP contribution in [0.15, 0.2) is 18.5 Å². The van der Waals surface area contributed by atoms with Crippen LogP contribution in [0.4, 0.5) is 17.7 Å². The number of nitrogens with two attached hydrogens (primary N) is 3. The lowest BCUT2D eigenvalue weighted by molar-refractivity contribution is 0.225. The average molecular weight is 603 g/mol. The fourth-order valence-corrected chi connectivity index (χ4v) is 4.55. The van der Waals surface area contributed by atoms with E-state index in [0.29, 0.717) is 34.0 Å². The molecule has 0 unspecified atom stereocenters. The Balaban J connectivity index is 0.000000201. The summed E-state index contributed by atoms with van der Waals surface area (Å²) in [7, 11) is 0. The average Bonchev–Trinajstić information content (AvgIpc) is 2.75. The Labute approximate surface area is 222 Å². The fourth-order valence-electron chi connectivity index (χ4n) is 3.99. The third-order valence-corrected chi connectivity index (χ3v) is 7.47. The van der Waals surface area contributed by atoms with Crippen LogP contribution in [0.5, 0.6) is 0 Å². The van der Waals surface area contributed by atoms with E-state index in [0.717, 1.165) is 9.39 Å². The van der Waals surface area contributed by atoms with Gasteiger partial charge < -0.3 is 22.5 Å². The maximum atomic E-state index is 5.76. The predicted molar refractivity (Wildman–Crippen MR) is 150 cm³/mol. The highest BCUT2D eigenvalue weighted by atomic mass is 127. The first kappa shape index (κ1) is 28.8. The number of hydrogen-bond donors (Lipinski definition) is 4. The summed E-state index contributed by atoms with van der Waals surface area (Å²) < 4.78 is 1.03. The van der Waals surface area contributed by atoms with Crippen LogP contribution in [0.2, 0.25) is 5.15 Å². The number of rotatable bonds is 2. The monoisotopic (exact) mass is 602 g/mol. The molecule has 2 aliphatic rings. The lowest BCUT2D eigenvalue weighted by Crippen LogP contribution is -2.30. The molecule has 0 radical (unpaired) electrons. The van der Waals surface area contributed by atoms with Gasteiger partial charge in [-0.3, -0.25) is 0 Å². The van der Waals surface area contributed by atoms with Gasteiger partial charge >= 0.3 is 0 Å². The second-order valence-corrected chi connectivity index (χ2v) is 12.3. The highest BCUT2D eigenvalue weighted by Crippen LogP contribution is 2.36. The van der Waals surface area contributed by atoms with E-state index in [9.17, 15) is 0 Å². The van der Waals surface area contributed by atoms with Gasteiger partial charge in [0.05, 0.1) is 3.57 Å². The van der Waals surface area contributed by atoms with Crippen molar-refractivity contribution >= 4 is 51.9 Å². The Hall–Kier alpha value is -1.46. The van der Waals surface area contributed by atoms with Gasteiger partial charge in [0.25, 0.3) is 0 Å². The highest BCUT2D eigenvalue weighted by Gasteiger charge is 2.27. The van der Waals surface area contributed by atoms with Crippen molar-refractivity contribution in [1.82, 2.24) is 19.9 Å². The molecule has 0 bridgehead atoms. The summed E-state index contributed by atoms with van der Waals surface area (Å²) in [6.07, 6.45) is 13.3. The minimum Gasteiger partial charge on any atom is -0.368 e. The summed E-state index contributed by atoms with van der Waals surface area (Å²) >= 11 is 7.65. The summed E-state index contributed by atoms with van der Waals surface area (Å²) in [5.41, 5.74) is 17.6. The molecule has 7 N–H and O–H groups in total. The zero-order valence-corrected chi connectivity index (χ0v) is 23.7. The molecule has 0 saturated heterocycles. The maximum absolute atomic E-state index is 5.76. The van der Waals surface area contributed by atoms with Crippen LogP contribution in [0, 0.1) is 14.4 Å². The summed E-state index contributed by atoms with van der Waals surface area (Å²) in [6, 6.07) is 2.58. The molecule has 0 aromatic carbocycles. The number of anilines is 3. The predicted octanol–water partition coefficient (Wildman–Crippen LogP) is 5.67. The Morgan fingerprint density at radius 2 is 1.44 bits per heavy atom. The van der Waals surface area contributed by atoms with Gasteiger partial charge in [-0.15, -0.1) is 0 Å². The smallest absolute Gasteiger partial charge is 0.221 e. The largest absolute Gasteiger partial charge is 0.368 e. The summed E-state index contributed by atoms with van der Waals surface area (Å²) in [4.78, 5) is 15.5. The van der Waals surface area contributed by atoms with Crippen molar-refractivity contribution in [2.75, 3.05) is 16.8 Å². The molecule has 0 spiro atoms. The molecule has 10 heteroatoms. The molecule has 2 fully saturated rings. The van der Waals surface area contributed by atoms with Gasteiger partial charge in [-0.1, -0.05) is 39.3 Å². The molecule has 2 aliphatic carbocycles. The first-order chi connectivity index (χ1) is 15.8. The third kappa shape index (κ3) is 10.9. The molecule has 0 amide bonds. The number of nitrogen functional groups attached to an aromatic ring is 2. The van der Waals surface area contributed by atoms with Crippen molar-refractivity contribution in [3.8, 4) is 0 Å². The van der Waals surface area contributed by atoms with E-state index in [-0.39, 0.29) is 5.95 Å². The molecule has 34 heavy (non-hydrogen) atoms. The topological polar surface area (TPSA) is 142 Å². The van der Waals surface area contributed by atoms with E-state index in [2.05, 4.69) is 75.5 Å². The number of halogens is 2. The standard InChI is InChI=1S/C12H19IN4.C8H17N.C4H4ClN3/c1-12(2)5-3-8(4-6-12)16-10-9(13)7-15-11(14)17-10;1-8(2)5-3-7(9)4-6-8;5-3-1-2-7-4(6)8-3/h7-8H,3-6H2,1-2H3,(H3,14,15,16,17);7H,3-6,9H2,1-2H3;1-2H,(H2,6,7,8). The molecular formula is C24H40ClIN8. The zero-order chi connectivity index (χ0) is 25.4. The van der Waals surface area contributed by atoms with Crippen LogP contribution in [-0.2, 0) is 0 Å². The van der Waals surface area contributed by atoms with Crippen LogP contribution in [-0.4, -0.2) is 32.0 Å². The fraction of sp³-hybridized carbons (Fsp3) is 0.667. The van der Waals surface area contributed by atoms with Crippen molar-refractivity contribution < 1.29 is 0 Å². The Kier molecular flexibility index (Phi) is 11.0. The van der Waals surface area contributed by atoms with Crippen molar-refractivity contribution in [2.24, 2.45) is 16.6 Å². The van der Waals surface area contributed by atoms with Crippen molar-refractivity contribution in [2.45, 2.75) is 91.1 Å². The molecule has 2 aromatic heterocycles. The molecule has 2 saturated carbocycles. The Morgan fingerprint density at radius 3 is 1.91 bits per heavy atom. The van der Waals surface area contributed by atoms with Crippen molar-refractivity contribution in [3.05, 3.63) is 27.2 Å². The van der Waals surface area contributed by atoms with Gasteiger partial charge in [-0.05, 0) is 90.9 Å². The second-order valence-electron chi connectivity index (χ2n) is 10.7. The van der Waals surface area contributed by atoms with Crippen LogP contribution >= 0.6 is 34.2 Å². The minimum absolute atomic E-state index is 0.206. The lowest BCUT2D eigenvalue weighted by Gasteiger charge is -2.34. The highest BCUT2D eigenvalue weighted by molar-refractivity contribution is 14.1. The molecule has 2 heterocycles. The second kappa shape index (κ2) is 13.0. The first-order valence-corrected chi connectivity index (χ1v) is 13.3. The molecule has 2 aromatic rings. The molecule has 190 valence electrons. The zero-order valence-electron chi connectivity index (χ0n) is 20.8. The quantitative estimate of drug-likeness (QED) is 0.254. The first-order valence-electron chi connectivity index (χ1n) is 11.9. The van der Waals surface area contributed by atoms with Crippen LogP contribution in [0.3, 0.4) is 0 Å².